The van der Waals surface area contributed by atoms with Crippen molar-refractivity contribution in [2.45, 2.75) is 6.42 Å². The molecule has 0 aliphatic carbocycles. The zero-order valence-electron chi connectivity index (χ0n) is 12.6. The molecular formula is C18H14ClN3O2. The van der Waals surface area contributed by atoms with Crippen LogP contribution in [0.5, 0.6) is 11.6 Å². The molecule has 3 aromatic rings. The van der Waals surface area contributed by atoms with E-state index < -0.39 is 0 Å². The Balaban J connectivity index is 1.73. The van der Waals surface area contributed by atoms with Gasteiger partial charge < -0.3 is 10.1 Å². The topological polar surface area (TPSA) is 64.1 Å². The monoisotopic (exact) mass is 339 g/mol. The van der Waals surface area contributed by atoms with Crippen molar-refractivity contribution in [1.29, 1.82) is 0 Å². The maximum atomic E-state index is 12.3. The number of nitrogens with zero attached hydrogens (tertiary/aromatic N) is 2. The van der Waals surface area contributed by atoms with Gasteiger partial charge in [-0.05, 0) is 35.9 Å². The van der Waals surface area contributed by atoms with Crippen LogP contribution in [-0.4, -0.2) is 15.9 Å². The highest BCUT2D eigenvalue weighted by molar-refractivity contribution is 6.31. The zero-order valence-corrected chi connectivity index (χ0v) is 13.4. The van der Waals surface area contributed by atoms with Crippen molar-refractivity contribution in [2.75, 3.05) is 5.32 Å². The van der Waals surface area contributed by atoms with E-state index in [2.05, 4.69) is 15.3 Å². The molecule has 0 spiro atoms. The summed E-state index contributed by atoms with van der Waals surface area (Å²) in [5.74, 6) is 0.642. The van der Waals surface area contributed by atoms with Gasteiger partial charge in [0.1, 0.15) is 11.4 Å². The Morgan fingerprint density at radius 1 is 1.08 bits per heavy atom. The number of benzene rings is 1. The van der Waals surface area contributed by atoms with Gasteiger partial charge in [0.05, 0.1) is 12.6 Å². The van der Waals surface area contributed by atoms with E-state index in [1.165, 1.54) is 0 Å². The molecule has 1 N–H and O–H groups in total. The summed E-state index contributed by atoms with van der Waals surface area (Å²) < 4.78 is 5.67. The number of pyridine rings is 2. The van der Waals surface area contributed by atoms with E-state index in [-0.39, 0.29) is 12.3 Å². The Morgan fingerprint density at radius 3 is 2.71 bits per heavy atom. The third kappa shape index (κ3) is 4.08. The molecule has 6 heteroatoms. The van der Waals surface area contributed by atoms with E-state index in [0.717, 1.165) is 5.56 Å². The second-order valence-corrected chi connectivity index (χ2v) is 5.37. The van der Waals surface area contributed by atoms with Gasteiger partial charge in [-0.3, -0.25) is 9.78 Å². The minimum atomic E-state index is -0.202. The third-order valence-corrected chi connectivity index (χ3v) is 3.57. The number of anilines is 1. The Labute approximate surface area is 144 Å². The minimum absolute atomic E-state index is 0.168. The molecule has 0 fully saturated rings. The number of ether oxygens (including phenoxy) is 1. The fraction of sp³-hybridized carbons (Fsp3) is 0.0556. The first-order chi connectivity index (χ1) is 11.7. The van der Waals surface area contributed by atoms with Crippen molar-refractivity contribution < 1.29 is 9.53 Å². The molecule has 2 aromatic heterocycles. The van der Waals surface area contributed by atoms with Crippen molar-refractivity contribution in [3.8, 4) is 11.6 Å². The first-order valence-corrected chi connectivity index (χ1v) is 7.66. The molecule has 24 heavy (non-hydrogen) atoms. The Morgan fingerprint density at radius 2 is 1.92 bits per heavy atom. The van der Waals surface area contributed by atoms with Crippen molar-refractivity contribution in [3.05, 3.63) is 77.7 Å². The minimum Gasteiger partial charge on any atom is -0.435 e. The predicted molar refractivity (Wildman–Crippen MR) is 92.3 cm³/mol. The van der Waals surface area contributed by atoms with Crippen LogP contribution < -0.4 is 10.1 Å². The van der Waals surface area contributed by atoms with Gasteiger partial charge in [-0.25, -0.2) is 4.98 Å². The number of aromatic nitrogens is 2. The quantitative estimate of drug-likeness (QED) is 0.760. The summed E-state index contributed by atoms with van der Waals surface area (Å²) in [4.78, 5) is 20.4. The summed E-state index contributed by atoms with van der Waals surface area (Å²) in [6.07, 6.45) is 4.98. The lowest BCUT2D eigenvalue weighted by Gasteiger charge is -2.11. The van der Waals surface area contributed by atoms with Gasteiger partial charge >= 0.3 is 0 Å². The maximum Gasteiger partial charge on any atom is 0.243 e. The number of carbonyl (C=O) groups excluding carboxylic acids is 1. The first-order valence-electron chi connectivity index (χ1n) is 7.28. The van der Waals surface area contributed by atoms with Crippen LogP contribution in [0, 0.1) is 0 Å². The fourth-order valence-corrected chi connectivity index (χ4v) is 2.30. The molecule has 0 radical (unpaired) electrons. The highest BCUT2D eigenvalue weighted by Crippen LogP contribution is 2.26. The molecule has 0 saturated carbocycles. The Kier molecular flexibility index (Phi) is 5.03. The van der Waals surface area contributed by atoms with Crippen molar-refractivity contribution in [3.63, 3.8) is 0 Å². The molecule has 0 bridgehead atoms. The van der Waals surface area contributed by atoms with Gasteiger partial charge in [0.15, 0.2) is 0 Å². The normalized spacial score (nSPS) is 10.2. The smallest absolute Gasteiger partial charge is 0.243 e. The van der Waals surface area contributed by atoms with Gasteiger partial charge in [0, 0.05) is 17.4 Å². The molecule has 5 nitrogen and oxygen atoms in total. The van der Waals surface area contributed by atoms with Gasteiger partial charge in [-0.2, -0.15) is 0 Å². The lowest BCUT2D eigenvalue weighted by Crippen LogP contribution is -2.15. The van der Waals surface area contributed by atoms with Crippen LogP contribution in [-0.2, 0) is 11.2 Å². The second-order valence-electron chi connectivity index (χ2n) is 4.96. The van der Waals surface area contributed by atoms with Gasteiger partial charge in [0.2, 0.25) is 11.8 Å². The molecule has 0 aliphatic rings. The first kappa shape index (κ1) is 16.0. The summed E-state index contributed by atoms with van der Waals surface area (Å²) in [6, 6.07) is 14.2. The van der Waals surface area contributed by atoms with Crippen LogP contribution in [0.1, 0.15) is 5.56 Å². The number of rotatable bonds is 5. The highest BCUT2D eigenvalue weighted by atomic mass is 35.5. The average Bonchev–Trinajstić information content (AvgIpc) is 2.60. The summed E-state index contributed by atoms with van der Waals surface area (Å²) >= 11 is 6.09. The van der Waals surface area contributed by atoms with Gasteiger partial charge in [-0.1, -0.05) is 29.8 Å². The van der Waals surface area contributed by atoms with Gasteiger partial charge in [-0.15, -0.1) is 0 Å². The molecule has 0 saturated heterocycles. The molecular weight excluding hydrogens is 326 g/mol. The van der Waals surface area contributed by atoms with Crippen molar-refractivity contribution >= 4 is 23.2 Å². The van der Waals surface area contributed by atoms with Crippen LogP contribution >= 0.6 is 11.6 Å². The number of nitrogens with one attached hydrogen (secondary N) is 1. The summed E-state index contributed by atoms with van der Waals surface area (Å²) in [7, 11) is 0. The standard InChI is InChI=1S/C18H14ClN3O2/c19-15-7-2-1-5-13(15)11-17(23)22-16-8-4-10-21-18(16)24-14-6-3-9-20-12-14/h1-10,12H,11H2,(H,22,23). The molecule has 0 aliphatic heterocycles. The van der Waals surface area contributed by atoms with Crippen LogP contribution in [0.3, 0.4) is 0 Å². The Bertz CT molecular complexity index is 840. The van der Waals surface area contributed by atoms with Crippen LogP contribution in [0.15, 0.2) is 67.1 Å². The zero-order chi connectivity index (χ0) is 16.8. The highest BCUT2D eigenvalue weighted by Gasteiger charge is 2.11. The second kappa shape index (κ2) is 7.57. The van der Waals surface area contributed by atoms with Crippen molar-refractivity contribution in [2.24, 2.45) is 0 Å². The predicted octanol–water partition coefficient (Wildman–Crippen LogP) is 4.10. The van der Waals surface area contributed by atoms with Crippen LogP contribution in [0.4, 0.5) is 5.69 Å². The van der Waals surface area contributed by atoms with E-state index in [9.17, 15) is 4.79 Å². The van der Waals surface area contributed by atoms with E-state index in [1.54, 1.807) is 48.9 Å². The fourth-order valence-electron chi connectivity index (χ4n) is 2.10. The van der Waals surface area contributed by atoms with E-state index >= 15 is 0 Å². The SMILES string of the molecule is O=C(Cc1ccccc1Cl)Nc1cccnc1Oc1cccnc1. The number of hydrogen-bond donors (Lipinski definition) is 1. The molecule has 120 valence electrons. The summed E-state index contributed by atoms with van der Waals surface area (Å²) in [5, 5.41) is 3.36. The molecule has 1 amide bonds. The maximum absolute atomic E-state index is 12.3. The van der Waals surface area contributed by atoms with E-state index in [0.29, 0.717) is 22.3 Å². The number of amides is 1. The largest absolute Gasteiger partial charge is 0.435 e. The number of carbonyl (C=O) groups is 1. The lowest BCUT2D eigenvalue weighted by atomic mass is 10.1. The van der Waals surface area contributed by atoms with E-state index in [4.69, 9.17) is 16.3 Å². The molecule has 1 aromatic carbocycles. The molecule has 0 unspecified atom stereocenters. The van der Waals surface area contributed by atoms with Gasteiger partial charge in [0.25, 0.3) is 0 Å². The summed E-state index contributed by atoms with van der Waals surface area (Å²) in [5.41, 5.74) is 1.24. The Hall–Kier alpha value is -2.92. The average molecular weight is 340 g/mol. The number of hydrogen-bond acceptors (Lipinski definition) is 4. The lowest BCUT2D eigenvalue weighted by molar-refractivity contribution is -0.115. The molecule has 3 rings (SSSR count). The van der Waals surface area contributed by atoms with Crippen molar-refractivity contribution in [1.82, 2.24) is 9.97 Å². The molecule has 2 heterocycles. The van der Waals surface area contributed by atoms with E-state index in [1.807, 2.05) is 18.2 Å². The van der Waals surface area contributed by atoms with Crippen LogP contribution in [0.2, 0.25) is 5.02 Å². The van der Waals surface area contributed by atoms with Crippen LogP contribution in [0.25, 0.3) is 0 Å². The number of halogens is 1. The third-order valence-electron chi connectivity index (χ3n) is 3.20. The summed E-state index contributed by atoms with van der Waals surface area (Å²) in [6.45, 7) is 0. The molecule has 0 atom stereocenters.